The number of nitrogens with one attached hydrogen (secondary N) is 2. The molecule has 2 heterocycles. The Labute approximate surface area is 452 Å². The highest BCUT2D eigenvalue weighted by Gasteiger charge is 2.34. The first-order chi connectivity index (χ1) is 35.5. The molecule has 0 aromatic rings. The van der Waals surface area contributed by atoms with E-state index in [1.807, 2.05) is 4.90 Å². The van der Waals surface area contributed by atoms with Crippen molar-refractivity contribution in [2.24, 2.45) is 11.8 Å². The van der Waals surface area contributed by atoms with Gasteiger partial charge in [-0.2, -0.15) is 0 Å². The first kappa shape index (κ1) is 67.3. The van der Waals surface area contributed by atoms with Crippen molar-refractivity contribution in [1.82, 2.24) is 30.2 Å². The molecule has 0 aromatic carbocycles. The van der Waals surface area contributed by atoms with Crippen LogP contribution in [0.1, 0.15) is 260 Å². The van der Waals surface area contributed by atoms with Crippen LogP contribution in [0.5, 0.6) is 0 Å². The minimum absolute atomic E-state index is 0.00142. The molecule has 2 aliphatic rings. The van der Waals surface area contributed by atoms with Crippen LogP contribution in [0.3, 0.4) is 0 Å². The second-order valence-corrected chi connectivity index (χ2v) is 23.5. The number of nitrogens with zero attached hydrogens (tertiary/aromatic N) is 4. The standard InChI is InChI=1S/C62H122N6O5/c1-9-11-13-15-17-19-21-23-25-27-29-31-33-35-47-67(48-41-56-38-36-45-65(56)7)59(54(3)4)61(70)63-43-50-72-52-53-73-51-44-64-62(71)60(55(5)6)68(49-42-57-39-37-46-66(57)8)58(69)40-34-32-30-28-26-24-22-20-18-16-14-12-10-2/h54-57,59-60H,9-53H2,1-8H3,(H,63,70)(H,64,71). The summed E-state index contributed by atoms with van der Waals surface area (Å²) in [6.07, 6.45) is 42.9. The van der Waals surface area contributed by atoms with Gasteiger partial charge >= 0.3 is 0 Å². The van der Waals surface area contributed by atoms with Gasteiger partial charge in [-0.15, -0.1) is 0 Å². The quantitative estimate of drug-likeness (QED) is 0.0581. The molecular weight excluding hydrogens is 909 g/mol. The molecule has 2 N–H and O–H groups in total. The van der Waals surface area contributed by atoms with E-state index < -0.39 is 6.04 Å². The summed E-state index contributed by atoms with van der Waals surface area (Å²) >= 11 is 0. The fourth-order valence-corrected chi connectivity index (χ4v) is 11.8. The molecule has 0 spiro atoms. The first-order valence-electron chi connectivity index (χ1n) is 31.7. The largest absolute Gasteiger partial charge is 0.377 e. The minimum atomic E-state index is -0.500. The average Bonchev–Trinajstić information content (AvgIpc) is 3.99. The smallest absolute Gasteiger partial charge is 0.243 e. The Hall–Kier alpha value is -1.79. The van der Waals surface area contributed by atoms with E-state index in [-0.39, 0.29) is 35.6 Å². The molecule has 3 amide bonds. The molecule has 11 nitrogen and oxygen atoms in total. The van der Waals surface area contributed by atoms with Crippen LogP contribution >= 0.6 is 0 Å². The fourth-order valence-electron chi connectivity index (χ4n) is 11.8. The number of likely N-dealkylation sites (tertiary alicyclic amines) is 2. The Kier molecular flexibility index (Phi) is 41.7. The zero-order valence-corrected chi connectivity index (χ0v) is 49.6. The molecule has 0 saturated carbocycles. The van der Waals surface area contributed by atoms with Crippen LogP contribution in [0.25, 0.3) is 0 Å². The van der Waals surface area contributed by atoms with Gasteiger partial charge in [0.15, 0.2) is 0 Å². The molecule has 11 heteroatoms. The van der Waals surface area contributed by atoms with Crippen LogP contribution in [0, 0.1) is 11.8 Å². The van der Waals surface area contributed by atoms with Crippen LogP contribution in [0.2, 0.25) is 0 Å². The van der Waals surface area contributed by atoms with Gasteiger partial charge in [-0.3, -0.25) is 19.3 Å². The van der Waals surface area contributed by atoms with Gasteiger partial charge < -0.3 is 34.8 Å². The summed E-state index contributed by atoms with van der Waals surface area (Å²) in [6.45, 7) is 20.4. The van der Waals surface area contributed by atoms with Crippen LogP contribution in [0.4, 0.5) is 0 Å². The van der Waals surface area contributed by atoms with E-state index in [0.717, 1.165) is 58.2 Å². The van der Waals surface area contributed by atoms with Crippen LogP contribution in [-0.4, -0.2) is 148 Å². The monoisotopic (exact) mass is 1030 g/mol. The number of hydrogen-bond acceptors (Lipinski definition) is 8. The van der Waals surface area contributed by atoms with Crippen molar-refractivity contribution >= 4 is 17.7 Å². The number of amides is 3. The van der Waals surface area contributed by atoms with E-state index in [1.165, 1.54) is 180 Å². The second kappa shape index (κ2) is 45.3. The molecule has 0 aromatic heterocycles. The normalized spacial score (nSPS) is 17.4. The maximum atomic E-state index is 13.9. The number of unbranched alkanes of at least 4 members (excludes halogenated alkanes) is 25. The summed E-state index contributed by atoms with van der Waals surface area (Å²) in [5, 5.41) is 6.32. The van der Waals surface area contributed by atoms with E-state index in [2.05, 4.69) is 81.0 Å². The highest BCUT2D eigenvalue weighted by Crippen LogP contribution is 2.24. The Morgan fingerprint density at radius 1 is 0.479 bits per heavy atom. The SMILES string of the molecule is CCCCCCCCCCCCCCCCN(CCC1CCCN1C)C(C(=O)NCCOCCOCCNC(=O)C(C(C)C)N(CCC1CCCN1C)C(=O)CCCCCCCCCCCCCCC)C(C)C. The van der Waals surface area contributed by atoms with Gasteiger partial charge in [0.25, 0.3) is 0 Å². The molecule has 2 rings (SSSR count). The van der Waals surface area contributed by atoms with Gasteiger partial charge in [0.1, 0.15) is 6.04 Å². The summed E-state index contributed by atoms with van der Waals surface area (Å²) in [6, 6.07) is 0.428. The first-order valence-corrected chi connectivity index (χ1v) is 31.7. The molecule has 430 valence electrons. The molecule has 2 fully saturated rings. The summed E-state index contributed by atoms with van der Waals surface area (Å²) in [5.74, 6) is 0.356. The highest BCUT2D eigenvalue weighted by molar-refractivity contribution is 5.88. The lowest BCUT2D eigenvalue weighted by Gasteiger charge is -2.35. The molecule has 4 atom stereocenters. The third-order valence-corrected chi connectivity index (χ3v) is 16.4. The van der Waals surface area contributed by atoms with E-state index in [1.54, 1.807) is 0 Å². The predicted molar refractivity (Wildman–Crippen MR) is 309 cm³/mol. The molecular formula is C62H122N6O5. The van der Waals surface area contributed by atoms with Crippen molar-refractivity contribution in [2.45, 2.75) is 284 Å². The lowest BCUT2D eigenvalue weighted by molar-refractivity contribution is -0.142. The molecule has 2 aliphatic heterocycles. The van der Waals surface area contributed by atoms with Crippen LogP contribution < -0.4 is 10.6 Å². The topological polar surface area (TPSA) is 107 Å². The average molecular weight is 1030 g/mol. The third kappa shape index (κ3) is 32.5. The van der Waals surface area contributed by atoms with Crippen molar-refractivity contribution in [2.75, 3.05) is 86.3 Å². The maximum absolute atomic E-state index is 13.9. The summed E-state index contributed by atoms with van der Waals surface area (Å²) < 4.78 is 11.8. The number of carbonyl (C=O) groups is 3. The Morgan fingerprint density at radius 2 is 0.849 bits per heavy atom. The van der Waals surface area contributed by atoms with Gasteiger partial charge in [-0.05, 0) is 96.9 Å². The van der Waals surface area contributed by atoms with Crippen LogP contribution in [0.15, 0.2) is 0 Å². The molecule has 0 radical (unpaired) electrons. The highest BCUT2D eigenvalue weighted by atomic mass is 16.5. The van der Waals surface area contributed by atoms with Gasteiger partial charge in [0, 0.05) is 44.7 Å². The zero-order valence-electron chi connectivity index (χ0n) is 49.6. The minimum Gasteiger partial charge on any atom is -0.377 e. The van der Waals surface area contributed by atoms with E-state index in [0.29, 0.717) is 64.6 Å². The number of ether oxygens (including phenoxy) is 2. The Balaban J connectivity index is 1.72. The lowest BCUT2D eigenvalue weighted by Crippen LogP contribution is -2.53. The van der Waals surface area contributed by atoms with E-state index >= 15 is 0 Å². The Bertz CT molecular complexity index is 1320. The van der Waals surface area contributed by atoms with Gasteiger partial charge in [-0.25, -0.2) is 0 Å². The number of hydrogen-bond donors (Lipinski definition) is 2. The van der Waals surface area contributed by atoms with Crippen molar-refractivity contribution in [3.05, 3.63) is 0 Å². The zero-order chi connectivity index (χ0) is 53.2. The second-order valence-electron chi connectivity index (χ2n) is 23.5. The molecule has 4 unspecified atom stereocenters. The number of carbonyl (C=O) groups excluding carboxylic acids is 3. The molecule has 0 bridgehead atoms. The van der Waals surface area contributed by atoms with Crippen LogP contribution in [-0.2, 0) is 23.9 Å². The third-order valence-electron chi connectivity index (χ3n) is 16.4. The molecule has 0 aliphatic carbocycles. The summed E-state index contributed by atoms with van der Waals surface area (Å²) in [5.41, 5.74) is 0. The molecule has 73 heavy (non-hydrogen) atoms. The van der Waals surface area contributed by atoms with Gasteiger partial charge in [-0.1, -0.05) is 202 Å². The van der Waals surface area contributed by atoms with E-state index in [4.69, 9.17) is 9.47 Å². The number of rotatable bonds is 50. The van der Waals surface area contributed by atoms with Gasteiger partial charge in [0.05, 0.1) is 32.5 Å². The maximum Gasteiger partial charge on any atom is 0.243 e. The molecule has 2 saturated heterocycles. The van der Waals surface area contributed by atoms with Crippen molar-refractivity contribution < 1.29 is 23.9 Å². The van der Waals surface area contributed by atoms with E-state index in [9.17, 15) is 14.4 Å². The summed E-state index contributed by atoms with van der Waals surface area (Å²) in [7, 11) is 4.44. The van der Waals surface area contributed by atoms with Crippen molar-refractivity contribution in [3.63, 3.8) is 0 Å². The predicted octanol–water partition coefficient (Wildman–Crippen LogP) is 13.4. The fraction of sp³-hybridized carbons (Fsp3) is 0.952. The van der Waals surface area contributed by atoms with Crippen molar-refractivity contribution in [3.8, 4) is 0 Å². The van der Waals surface area contributed by atoms with Crippen molar-refractivity contribution in [1.29, 1.82) is 0 Å². The lowest BCUT2D eigenvalue weighted by atomic mass is 9.99. The van der Waals surface area contributed by atoms with Gasteiger partial charge in [0.2, 0.25) is 17.7 Å². The summed E-state index contributed by atoms with van der Waals surface area (Å²) in [4.78, 5) is 50.9. The Morgan fingerprint density at radius 3 is 1.23 bits per heavy atom.